The number of sulfonamides is 1. The summed E-state index contributed by atoms with van der Waals surface area (Å²) in [6.07, 6.45) is 2.88. The Morgan fingerprint density at radius 3 is 2.94 bits per heavy atom. The van der Waals surface area contributed by atoms with Gasteiger partial charge in [0.15, 0.2) is 0 Å². The molecule has 0 radical (unpaired) electrons. The van der Waals surface area contributed by atoms with Crippen molar-refractivity contribution in [3.05, 3.63) is 23.7 Å². The van der Waals surface area contributed by atoms with Crippen LogP contribution in [0.15, 0.2) is 23.7 Å². The van der Waals surface area contributed by atoms with Gasteiger partial charge in [0.05, 0.1) is 6.26 Å². The van der Waals surface area contributed by atoms with Crippen molar-refractivity contribution in [1.29, 1.82) is 0 Å². The lowest BCUT2D eigenvalue weighted by molar-refractivity contribution is 0.589. The molecule has 0 saturated carbocycles. The first kappa shape index (κ1) is 12.3. The Labute approximate surface area is 104 Å². The third-order valence-electron chi connectivity index (χ3n) is 2.16. The average molecular weight is 271 g/mol. The SMILES string of the molecule is CS(=O)(=O)NCCNc1nccc2sccc12. The van der Waals surface area contributed by atoms with Gasteiger partial charge in [0.25, 0.3) is 0 Å². The van der Waals surface area contributed by atoms with E-state index < -0.39 is 10.0 Å². The number of thiophene rings is 1. The third kappa shape index (κ3) is 3.39. The Bertz CT molecular complexity index is 607. The highest BCUT2D eigenvalue weighted by molar-refractivity contribution is 7.88. The zero-order valence-electron chi connectivity index (χ0n) is 9.30. The highest BCUT2D eigenvalue weighted by Crippen LogP contribution is 2.25. The van der Waals surface area contributed by atoms with Gasteiger partial charge in [-0.05, 0) is 17.5 Å². The molecule has 0 aliphatic rings. The second-order valence-corrected chi connectivity index (χ2v) is 6.37. The van der Waals surface area contributed by atoms with Crippen molar-refractivity contribution in [2.45, 2.75) is 0 Å². The third-order valence-corrected chi connectivity index (χ3v) is 3.77. The molecule has 7 heteroatoms. The monoisotopic (exact) mass is 271 g/mol. The van der Waals surface area contributed by atoms with Crippen molar-refractivity contribution in [3.63, 3.8) is 0 Å². The van der Waals surface area contributed by atoms with Crippen LogP contribution in [-0.4, -0.2) is 32.7 Å². The van der Waals surface area contributed by atoms with Crippen LogP contribution in [0.3, 0.4) is 0 Å². The molecule has 0 spiro atoms. The van der Waals surface area contributed by atoms with Crippen molar-refractivity contribution in [2.75, 3.05) is 24.7 Å². The van der Waals surface area contributed by atoms with E-state index in [1.54, 1.807) is 17.5 Å². The second kappa shape index (κ2) is 4.99. The summed E-state index contributed by atoms with van der Waals surface area (Å²) in [6.45, 7) is 0.857. The molecule has 92 valence electrons. The molecule has 2 N–H and O–H groups in total. The van der Waals surface area contributed by atoms with Crippen LogP contribution in [-0.2, 0) is 10.0 Å². The zero-order valence-corrected chi connectivity index (χ0v) is 10.9. The first-order valence-corrected chi connectivity index (χ1v) is 7.84. The molecule has 0 saturated heterocycles. The molecule has 0 aliphatic heterocycles. The molecular formula is C10H13N3O2S2. The summed E-state index contributed by atoms with van der Waals surface area (Å²) in [5, 5.41) is 6.19. The van der Waals surface area contributed by atoms with E-state index >= 15 is 0 Å². The van der Waals surface area contributed by atoms with Crippen LogP contribution in [0, 0.1) is 0 Å². The van der Waals surface area contributed by atoms with Gasteiger partial charge in [0, 0.05) is 29.4 Å². The number of anilines is 1. The average Bonchev–Trinajstić information content (AvgIpc) is 2.71. The van der Waals surface area contributed by atoms with Crippen molar-refractivity contribution >= 4 is 37.3 Å². The number of hydrogen-bond acceptors (Lipinski definition) is 5. The van der Waals surface area contributed by atoms with Gasteiger partial charge in [0.2, 0.25) is 10.0 Å². The number of fused-ring (bicyclic) bond motifs is 1. The molecule has 0 atom stereocenters. The summed E-state index contributed by atoms with van der Waals surface area (Å²) in [6, 6.07) is 3.96. The highest BCUT2D eigenvalue weighted by atomic mass is 32.2. The Kier molecular flexibility index (Phi) is 3.60. The van der Waals surface area contributed by atoms with Gasteiger partial charge in [-0.1, -0.05) is 0 Å². The molecule has 0 bridgehead atoms. The maximum atomic E-state index is 10.9. The number of nitrogens with zero attached hydrogens (tertiary/aromatic N) is 1. The predicted molar refractivity (Wildman–Crippen MR) is 71.0 cm³/mol. The minimum absolute atomic E-state index is 0.348. The fourth-order valence-electron chi connectivity index (χ4n) is 1.45. The second-order valence-electron chi connectivity index (χ2n) is 3.59. The fourth-order valence-corrected chi connectivity index (χ4v) is 2.71. The van der Waals surface area contributed by atoms with E-state index in [0.717, 1.165) is 17.5 Å². The summed E-state index contributed by atoms with van der Waals surface area (Å²) in [7, 11) is -3.12. The lowest BCUT2D eigenvalue weighted by Crippen LogP contribution is -2.27. The van der Waals surface area contributed by atoms with Gasteiger partial charge >= 0.3 is 0 Å². The van der Waals surface area contributed by atoms with Gasteiger partial charge in [0.1, 0.15) is 5.82 Å². The van der Waals surface area contributed by atoms with Gasteiger partial charge in [-0.2, -0.15) is 0 Å². The fraction of sp³-hybridized carbons (Fsp3) is 0.300. The standard InChI is InChI=1S/C10H13N3O2S2/c1-17(14,15)13-6-5-12-10-8-3-7-16-9(8)2-4-11-10/h2-4,7,13H,5-6H2,1H3,(H,11,12). The Morgan fingerprint density at radius 1 is 1.35 bits per heavy atom. The molecule has 2 rings (SSSR count). The van der Waals surface area contributed by atoms with E-state index in [1.165, 1.54) is 4.70 Å². The topological polar surface area (TPSA) is 71.1 Å². The summed E-state index contributed by atoms with van der Waals surface area (Å²) in [5.41, 5.74) is 0. The number of pyridine rings is 1. The van der Waals surface area contributed by atoms with Crippen LogP contribution >= 0.6 is 11.3 Å². The summed E-state index contributed by atoms with van der Waals surface area (Å²) in [4.78, 5) is 4.23. The number of hydrogen-bond donors (Lipinski definition) is 2. The highest BCUT2D eigenvalue weighted by Gasteiger charge is 2.03. The number of aromatic nitrogens is 1. The lowest BCUT2D eigenvalue weighted by atomic mass is 10.3. The molecule has 0 aliphatic carbocycles. The van der Waals surface area contributed by atoms with E-state index in [-0.39, 0.29) is 0 Å². The van der Waals surface area contributed by atoms with Gasteiger partial charge < -0.3 is 5.32 Å². The Morgan fingerprint density at radius 2 is 2.18 bits per heavy atom. The van der Waals surface area contributed by atoms with E-state index in [4.69, 9.17) is 0 Å². The van der Waals surface area contributed by atoms with Crippen LogP contribution in [0.2, 0.25) is 0 Å². The van der Waals surface area contributed by atoms with E-state index in [2.05, 4.69) is 15.0 Å². The van der Waals surface area contributed by atoms with Gasteiger partial charge in [-0.15, -0.1) is 11.3 Å². The molecule has 0 amide bonds. The van der Waals surface area contributed by atoms with Gasteiger partial charge in [-0.3, -0.25) is 0 Å². The molecule has 0 aromatic carbocycles. The minimum Gasteiger partial charge on any atom is -0.368 e. The normalized spacial score (nSPS) is 11.8. The molecule has 2 aromatic heterocycles. The van der Waals surface area contributed by atoms with Crippen molar-refractivity contribution in [1.82, 2.24) is 9.71 Å². The van der Waals surface area contributed by atoms with E-state index in [1.807, 2.05) is 17.5 Å². The van der Waals surface area contributed by atoms with E-state index in [0.29, 0.717) is 13.1 Å². The summed E-state index contributed by atoms with van der Waals surface area (Å²) < 4.78 is 25.3. The molecule has 2 heterocycles. The van der Waals surface area contributed by atoms with E-state index in [9.17, 15) is 8.42 Å². The predicted octanol–water partition coefficient (Wildman–Crippen LogP) is 1.26. The van der Waals surface area contributed by atoms with Crippen molar-refractivity contribution in [2.24, 2.45) is 0 Å². The Balaban J connectivity index is 1.97. The quantitative estimate of drug-likeness (QED) is 0.803. The molecule has 0 fully saturated rings. The van der Waals surface area contributed by atoms with Crippen LogP contribution in [0.1, 0.15) is 0 Å². The number of nitrogens with one attached hydrogen (secondary N) is 2. The first-order chi connectivity index (χ1) is 8.06. The Hall–Kier alpha value is -1.18. The van der Waals surface area contributed by atoms with Crippen LogP contribution in [0.5, 0.6) is 0 Å². The van der Waals surface area contributed by atoms with Crippen molar-refractivity contribution in [3.8, 4) is 0 Å². The first-order valence-electron chi connectivity index (χ1n) is 5.07. The lowest BCUT2D eigenvalue weighted by Gasteiger charge is -2.06. The summed E-state index contributed by atoms with van der Waals surface area (Å²) >= 11 is 1.65. The largest absolute Gasteiger partial charge is 0.368 e. The minimum atomic E-state index is -3.12. The summed E-state index contributed by atoms with van der Waals surface area (Å²) in [5.74, 6) is 0.791. The van der Waals surface area contributed by atoms with Crippen LogP contribution in [0.25, 0.3) is 10.1 Å². The van der Waals surface area contributed by atoms with Crippen molar-refractivity contribution < 1.29 is 8.42 Å². The molecule has 17 heavy (non-hydrogen) atoms. The molecule has 0 unspecified atom stereocenters. The van der Waals surface area contributed by atoms with Crippen LogP contribution in [0.4, 0.5) is 5.82 Å². The van der Waals surface area contributed by atoms with Gasteiger partial charge in [-0.25, -0.2) is 18.1 Å². The molecule has 5 nitrogen and oxygen atoms in total. The number of rotatable bonds is 5. The maximum Gasteiger partial charge on any atom is 0.208 e. The molecular weight excluding hydrogens is 258 g/mol. The maximum absolute atomic E-state index is 10.9. The molecule has 2 aromatic rings. The smallest absolute Gasteiger partial charge is 0.208 e. The van der Waals surface area contributed by atoms with Crippen LogP contribution < -0.4 is 10.0 Å². The zero-order chi connectivity index (χ0) is 12.3.